The Morgan fingerprint density at radius 1 is 1.19 bits per heavy atom. The molecule has 0 aliphatic carbocycles. The number of anilines is 1. The lowest BCUT2D eigenvalue weighted by molar-refractivity contribution is -0.167. The van der Waals surface area contributed by atoms with Crippen LogP contribution in [-0.4, -0.2) is 66.1 Å². The number of nitrogens with zero attached hydrogens (tertiary/aromatic N) is 3. The Morgan fingerprint density at radius 3 is 2.35 bits per heavy atom. The van der Waals surface area contributed by atoms with Crippen LogP contribution in [0.15, 0.2) is 24.5 Å². The Labute approximate surface area is 154 Å². The second kappa shape index (κ2) is 8.03. The van der Waals surface area contributed by atoms with Crippen LogP contribution in [0.2, 0.25) is 0 Å². The van der Waals surface area contributed by atoms with Crippen molar-refractivity contribution in [1.82, 2.24) is 15.2 Å². The van der Waals surface area contributed by atoms with Crippen molar-refractivity contribution in [2.75, 3.05) is 44.2 Å². The molecular formula is C19H28N4O3. The van der Waals surface area contributed by atoms with Gasteiger partial charge in [-0.05, 0) is 50.4 Å². The van der Waals surface area contributed by atoms with E-state index in [2.05, 4.69) is 15.2 Å². The molecule has 7 nitrogen and oxygen atoms in total. The van der Waals surface area contributed by atoms with Gasteiger partial charge in [0, 0.05) is 44.3 Å². The minimum Gasteiger partial charge on any atom is -0.480 e. The van der Waals surface area contributed by atoms with Gasteiger partial charge in [-0.2, -0.15) is 0 Å². The molecule has 2 aliphatic rings. The highest BCUT2D eigenvalue weighted by atomic mass is 16.4. The van der Waals surface area contributed by atoms with E-state index in [1.54, 1.807) is 17.3 Å². The van der Waals surface area contributed by atoms with Gasteiger partial charge in [0.2, 0.25) is 5.91 Å². The lowest BCUT2D eigenvalue weighted by Crippen LogP contribution is -2.58. The Hall–Kier alpha value is -2.15. The Bertz CT molecular complexity index is 625. The monoisotopic (exact) mass is 360 g/mol. The normalized spacial score (nSPS) is 21.3. The number of hydrogen-bond acceptors (Lipinski definition) is 5. The van der Waals surface area contributed by atoms with Crippen LogP contribution in [0, 0.1) is 11.3 Å². The fourth-order valence-electron chi connectivity index (χ4n) is 4.35. The summed E-state index contributed by atoms with van der Waals surface area (Å²) in [5, 5.41) is 13.3. The maximum Gasteiger partial charge on any atom is 0.319 e. The van der Waals surface area contributed by atoms with E-state index in [1.165, 1.54) is 0 Å². The number of nitrogens with one attached hydrogen (secondary N) is 1. The van der Waals surface area contributed by atoms with Crippen LogP contribution in [0.1, 0.15) is 26.2 Å². The maximum atomic E-state index is 13.3. The molecular weight excluding hydrogens is 332 g/mol. The number of piperidine rings is 1. The average Bonchev–Trinajstić information content (AvgIpc) is 2.70. The third-order valence-corrected chi connectivity index (χ3v) is 5.95. The van der Waals surface area contributed by atoms with E-state index in [0.29, 0.717) is 32.6 Å². The first-order valence-electron chi connectivity index (χ1n) is 9.48. The number of piperazine rings is 1. The molecule has 1 amide bonds. The van der Waals surface area contributed by atoms with Gasteiger partial charge in [-0.1, -0.05) is 6.92 Å². The summed E-state index contributed by atoms with van der Waals surface area (Å²) in [6.45, 7) is 5.93. The number of carboxylic acid groups (broad SMARTS) is 1. The quantitative estimate of drug-likeness (QED) is 0.768. The van der Waals surface area contributed by atoms with E-state index >= 15 is 0 Å². The van der Waals surface area contributed by atoms with E-state index < -0.39 is 11.4 Å². The zero-order chi connectivity index (χ0) is 18.6. The minimum absolute atomic E-state index is 0.100. The van der Waals surface area contributed by atoms with Crippen LogP contribution in [0.3, 0.4) is 0 Å². The van der Waals surface area contributed by atoms with Crippen LogP contribution < -0.4 is 10.2 Å². The van der Waals surface area contributed by atoms with Gasteiger partial charge in [0.05, 0.1) is 0 Å². The van der Waals surface area contributed by atoms with E-state index in [0.717, 1.165) is 31.6 Å². The van der Waals surface area contributed by atoms with Gasteiger partial charge in [-0.25, -0.2) is 0 Å². The van der Waals surface area contributed by atoms with Crippen molar-refractivity contribution in [2.24, 2.45) is 11.3 Å². The molecule has 1 aromatic heterocycles. The Kier molecular flexibility index (Phi) is 5.76. The molecule has 7 heteroatoms. The number of aromatic nitrogens is 1. The van der Waals surface area contributed by atoms with Crippen molar-refractivity contribution >= 4 is 17.6 Å². The molecule has 0 spiro atoms. The Morgan fingerprint density at radius 2 is 1.81 bits per heavy atom. The molecule has 0 radical (unpaired) electrons. The van der Waals surface area contributed by atoms with Crippen LogP contribution in [0.4, 0.5) is 5.69 Å². The first-order valence-corrected chi connectivity index (χ1v) is 9.48. The van der Waals surface area contributed by atoms with Crippen LogP contribution >= 0.6 is 0 Å². The fourth-order valence-corrected chi connectivity index (χ4v) is 4.35. The summed E-state index contributed by atoms with van der Waals surface area (Å²) in [6.07, 6.45) is 5.34. The smallest absolute Gasteiger partial charge is 0.319 e. The molecule has 142 valence electrons. The summed E-state index contributed by atoms with van der Waals surface area (Å²) in [6, 6.07) is 3.92. The molecule has 3 heterocycles. The molecule has 1 aromatic rings. The van der Waals surface area contributed by atoms with Crippen LogP contribution in [0.5, 0.6) is 0 Å². The summed E-state index contributed by atoms with van der Waals surface area (Å²) in [7, 11) is 0. The zero-order valence-electron chi connectivity index (χ0n) is 15.4. The van der Waals surface area contributed by atoms with Gasteiger partial charge in [0.15, 0.2) is 0 Å². The second-order valence-corrected chi connectivity index (χ2v) is 7.14. The first-order chi connectivity index (χ1) is 12.6. The van der Waals surface area contributed by atoms with Crippen molar-refractivity contribution in [3.63, 3.8) is 0 Å². The van der Waals surface area contributed by atoms with Crippen molar-refractivity contribution in [1.29, 1.82) is 0 Å². The predicted molar refractivity (Wildman–Crippen MR) is 99.0 cm³/mol. The van der Waals surface area contributed by atoms with E-state index in [9.17, 15) is 14.7 Å². The van der Waals surface area contributed by atoms with Gasteiger partial charge in [-0.15, -0.1) is 0 Å². The number of pyridine rings is 1. The molecule has 2 saturated heterocycles. The summed E-state index contributed by atoms with van der Waals surface area (Å²) >= 11 is 0. The number of carbonyl (C=O) groups is 2. The molecule has 2 N–H and O–H groups in total. The second-order valence-electron chi connectivity index (χ2n) is 7.14. The summed E-state index contributed by atoms with van der Waals surface area (Å²) in [4.78, 5) is 33.6. The highest BCUT2D eigenvalue weighted by molar-refractivity contribution is 6.02. The summed E-state index contributed by atoms with van der Waals surface area (Å²) in [5.41, 5.74) is -0.202. The molecule has 1 atom stereocenters. The molecule has 2 aliphatic heterocycles. The first kappa shape index (κ1) is 18.6. The van der Waals surface area contributed by atoms with Gasteiger partial charge >= 0.3 is 5.97 Å². The zero-order valence-corrected chi connectivity index (χ0v) is 15.4. The van der Waals surface area contributed by atoms with Gasteiger partial charge < -0.3 is 20.2 Å². The van der Waals surface area contributed by atoms with Gasteiger partial charge in [-0.3, -0.25) is 14.6 Å². The molecule has 1 unspecified atom stereocenters. The number of carbonyl (C=O) groups excluding carboxylic acids is 1. The molecule has 0 saturated carbocycles. The predicted octanol–water partition coefficient (Wildman–Crippen LogP) is 1.21. The van der Waals surface area contributed by atoms with Crippen molar-refractivity contribution < 1.29 is 14.7 Å². The summed E-state index contributed by atoms with van der Waals surface area (Å²) < 4.78 is 0. The lowest BCUT2D eigenvalue weighted by Gasteiger charge is -2.43. The highest BCUT2D eigenvalue weighted by Gasteiger charge is 2.52. The number of amides is 1. The van der Waals surface area contributed by atoms with E-state index in [-0.39, 0.29) is 11.8 Å². The van der Waals surface area contributed by atoms with Crippen molar-refractivity contribution in [2.45, 2.75) is 26.2 Å². The van der Waals surface area contributed by atoms with Gasteiger partial charge in [0.1, 0.15) is 5.41 Å². The lowest BCUT2D eigenvalue weighted by atomic mass is 9.68. The number of rotatable bonds is 5. The number of aliphatic carboxylic acids is 1. The molecule has 0 bridgehead atoms. The SMILES string of the molecule is CCC(C(=O)O)(C(=O)N1CCN(c2ccncc2)CC1)C1CCNCC1. The van der Waals surface area contributed by atoms with Crippen molar-refractivity contribution in [3.8, 4) is 0 Å². The standard InChI is InChI=1S/C19H28N4O3/c1-2-19(18(25)26,15-3-7-20-8-4-15)17(24)23-13-11-22(12-14-23)16-5-9-21-10-6-16/h5-6,9-10,15,20H,2-4,7-8,11-14H2,1H3,(H,25,26). The average molecular weight is 360 g/mol. The third kappa shape index (κ3) is 3.40. The highest BCUT2D eigenvalue weighted by Crippen LogP contribution is 2.40. The maximum absolute atomic E-state index is 13.3. The third-order valence-electron chi connectivity index (χ3n) is 5.95. The molecule has 26 heavy (non-hydrogen) atoms. The molecule has 0 aromatic carbocycles. The number of carboxylic acids is 1. The fraction of sp³-hybridized carbons (Fsp3) is 0.632. The minimum atomic E-state index is -1.29. The number of hydrogen-bond donors (Lipinski definition) is 2. The largest absolute Gasteiger partial charge is 0.480 e. The van der Waals surface area contributed by atoms with Gasteiger partial charge in [0.25, 0.3) is 0 Å². The van der Waals surface area contributed by atoms with Crippen molar-refractivity contribution in [3.05, 3.63) is 24.5 Å². The summed E-state index contributed by atoms with van der Waals surface area (Å²) in [5.74, 6) is -1.26. The van der Waals surface area contributed by atoms with E-state index in [4.69, 9.17) is 0 Å². The van der Waals surface area contributed by atoms with Crippen LogP contribution in [0.25, 0.3) is 0 Å². The topological polar surface area (TPSA) is 85.8 Å². The molecule has 2 fully saturated rings. The Balaban J connectivity index is 1.73. The molecule has 3 rings (SSSR count). The van der Waals surface area contributed by atoms with E-state index in [1.807, 2.05) is 19.1 Å². The van der Waals surface area contributed by atoms with Crippen LogP contribution in [-0.2, 0) is 9.59 Å².